The Morgan fingerprint density at radius 3 is 2.85 bits per heavy atom. The molecule has 1 N–H and O–H groups in total. The summed E-state index contributed by atoms with van der Waals surface area (Å²) in [6.45, 7) is 6.80. The standard InChI is InChI=1S/C16H24F2N2/c1-3-7-19-15-6-8-20(12(2)9-15)11-13-10-14(17)4-5-16(13)18/h4-5,10,12,15,19H,3,6-9,11H2,1-2H3. The first-order chi connectivity index (χ1) is 9.60. The predicted molar refractivity (Wildman–Crippen MR) is 77.5 cm³/mol. The summed E-state index contributed by atoms with van der Waals surface area (Å²) in [5.41, 5.74) is 0.455. The highest BCUT2D eigenvalue weighted by Gasteiger charge is 2.25. The van der Waals surface area contributed by atoms with Gasteiger partial charge in [-0.2, -0.15) is 0 Å². The molecule has 20 heavy (non-hydrogen) atoms. The summed E-state index contributed by atoms with van der Waals surface area (Å²) in [7, 11) is 0. The number of likely N-dealkylation sites (tertiary alicyclic amines) is 1. The minimum Gasteiger partial charge on any atom is -0.314 e. The molecule has 1 fully saturated rings. The third-order valence-corrected chi connectivity index (χ3v) is 4.08. The van der Waals surface area contributed by atoms with Crippen LogP contribution >= 0.6 is 0 Å². The molecule has 1 saturated heterocycles. The molecule has 2 nitrogen and oxygen atoms in total. The lowest BCUT2D eigenvalue weighted by Crippen LogP contribution is -2.47. The van der Waals surface area contributed by atoms with Crippen molar-refractivity contribution in [3.63, 3.8) is 0 Å². The van der Waals surface area contributed by atoms with Gasteiger partial charge in [-0.1, -0.05) is 6.92 Å². The first kappa shape index (κ1) is 15.4. The molecule has 1 aromatic carbocycles. The van der Waals surface area contributed by atoms with Crippen LogP contribution in [0.15, 0.2) is 18.2 Å². The first-order valence-corrected chi connectivity index (χ1v) is 7.51. The van der Waals surface area contributed by atoms with Crippen LogP contribution in [0.4, 0.5) is 8.78 Å². The van der Waals surface area contributed by atoms with Crippen molar-refractivity contribution in [3.05, 3.63) is 35.4 Å². The number of nitrogens with one attached hydrogen (secondary N) is 1. The molecule has 2 rings (SSSR count). The summed E-state index contributed by atoms with van der Waals surface area (Å²) in [6, 6.07) is 4.64. The fourth-order valence-corrected chi connectivity index (χ4v) is 2.87. The third-order valence-electron chi connectivity index (χ3n) is 4.08. The third kappa shape index (κ3) is 4.00. The molecule has 0 bridgehead atoms. The van der Waals surface area contributed by atoms with Crippen LogP contribution in [0.2, 0.25) is 0 Å². The van der Waals surface area contributed by atoms with E-state index in [2.05, 4.69) is 24.1 Å². The summed E-state index contributed by atoms with van der Waals surface area (Å²) in [5, 5.41) is 3.55. The second-order valence-electron chi connectivity index (χ2n) is 5.73. The van der Waals surface area contributed by atoms with E-state index in [9.17, 15) is 8.78 Å². The molecule has 0 saturated carbocycles. The van der Waals surface area contributed by atoms with Crippen molar-refractivity contribution in [1.82, 2.24) is 10.2 Å². The summed E-state index contributed by atoms with van der Waals surface area (Å²) in [4.78, 5) is 2.24. The van der Waals surface area contributed by atoms with E-state index < -0.39 is 0 Å². The molecule has 0 spiro atoms. The molecule has 2 atom stereocenters. The summed E-state index contributed by atoms with van der Waals surface area (Å²) < 4.78 is 26.9. The van der Waals surface area contributed by atoms with E-state index in [1.165, 1.54) is 18.2 Å². The van der Waals surface area contributed by atoms with Gasteiger partial charge in [-0.25, -0.2) is 8.78 Å². The van der Waals surface area contributed by atoms with Crippen molar-refractivity contribution < 1.29 is 8.78 Å². The SMILES string of the molecule is CCCNC1CCN(Cc2cc(F)ccc2F)C(C)C1. The van der Waals surface area contributed by atoms with Crippen LogP contribution in [0.25, 0.3) is 0 Å². The second-order valence-corrected chi connectivity index (χ2v) is 5.73. The number of hydrogen-bond acceptors (Lipinski definition) is 2. The summed E-state index contributed by atoms with van der Waals surface area (Å²) >= 11 is 0. The minimum absolute atomic E-state index is 0.315. The van der Waals surface area contributed by atoms with Crippen molar-refractivity contribution in [2.45, 2.75) is 51.7 Å². The van der Waals surface area contributed by atoms with E-state index in [1.807, 2.05) is 0 Å². The normalized spacial score (nSPS) is 24.0. The molecular formula is C16H24F2N2. The van der Waals surface area contributed by atoms with Gasteiger partial charge in [0.25, 0.3) is 0 Å². The van der Waals surface area contributed by atoms with Gasteiger partial charge in [-0.15, -0.1) is 0 Å². The van der Waals surface area contributed by atoms with Crippen LogP contribution in [0, 0.1) is 11.6 Å². The molecular weight excluding hydrogens is 258 g/mol. The monoisotopic (exact) mass is 282 g/mol. The number of hydrogen-bond donors (Lipinski definition) is 1. The van der Waals surface area contributed by atoms with Gasteiger partial charge in [0, 0.05) is 30.7 Å². The van der Waals surface area contributed by atoms with Crippen LogP contribution < -0.4 is 5.32 Å². The first-order valence-electron chi connectivity index (χ1n) is 7.51. The van der Waals surface area contributed by atoms with Crippen molar-refractivity contribution in [2.75, 3.05) is 13.1 Å². The molecule has 4 heteroatoms. The van der Waals surface area contributed by atoms with Crippen molar-refractivity contribution in [3.8, 4) is 0 Å². The van der Waals surface area contributed by atoms with Crippen LogP contribution in [-0.2, 0) is 6.54 Å². The van der Waals surface area contributed by atoms with Gasteiger partial charge >= 0.3 is 0 Å². The molecule has 0 amide bonds. The van der Waals surface area contributed by atoms with Gasteiger partial charge in [0.2, 0.25) is 0 Å². The maximum atomic E-state index is 13.7. The molecule has 2 unspecified atom stereocenters. The fraction of sp³-hybridized carbons (Fsp3) is 0.625. The highest BCUT2D eigenvalue weighted by atomic mass is 19.1. The number of nitrogens with zero attached hydrogens (tertiary/aromatic N) is 1. The summed E-state index contributed by atoms with van der Waals surface area (Å²) in [6.07, 6.45) is 3.28. The van der Waals surface area contributed by atoms with Crippen LogP contribution in [0.3, 0.4) is 0 Å². The van der Waals surface area contributed by atoms with Crippen molar-refractivity contribution >= 4 is 0 Å². The molecule has 1 aliphatic rings. The van der Waals surface area contributed by atoms with Gasteiger partial charge in [0.15, 0.2) is 0 Å². The van der Waals surface area contributed by atoms with E-state index in [0.717, 1.165) is 32.4 Å². The van der Waals surface area contributed by atoms with Crippen LogP contribution in [0.1, 0.15) is 38.7 Å². The molecule has 112 valence electrons. The van der Waals surface area contributed by atoms with E-state index >= 15 is 0 Å². The number of piperidine rings is 1. The lowest BCUT2D eigenvalue weighted by atomic mass is 9.97. The lowest BCUT2D eigenvalue weighted by Gasteiger charge is -2.38. The molecule has 1 aliphatic heterocycles. The smallest absolute Gasteiger partial charge is 0.127 e. The fourth-order valence-electron chi connectivity index (χ4n) is 2.87. The van der Waals surface area contributed by atoms with E-state index in [-0.39, 0.29) is 11.6 Å². The van der Waals surface area contributed by atoms with E-state index in [4.69, 9.17) is 0 Å². The van der Waals surface area contributed by atoms with Gasteiger partial charge in [0.1, 0.15) is 11.6 Å². The molecule has 0 radical (unpaired) electrons. The molecule has 0 aromatic heterocycles. The maximum absolute atomic E-state index is 13.7. The molecule has 1 aromatic rings. The topological polar surface area (TPSA) is 15.3 Å². The Labute approximate surface area is 120 Å². The number of benzene rings is 1. The van der Waals surface area contributed by atoms with Crippen LogP contribution in [0.5, 0.6) is 0 Å². The zero-order chi connectivity index (χ0) is 14.5. The quantitative estimate of drug-likeness (QED) is 0.891. The lowest BCUT2D eigenvalue weighted by molar-refractivity contribution is 0.127. The Hall–Kier alpha value is -1.00. The number of halogens is 2. The average molecular weight is 282 g/mol. The zero-order valence-corrected chi connectivity index (χ0v) is 12.3. The minimum atomic E-state index is -0.367. The van der Waals surface area contributed by atoms with Crippen molar-refractivity contribution in [2.24, 2.45) is 0 Å². The average Bonchev–Trinajstić information content (AvgIpc) is 2.43. The Kier molecular flexibility index (Phi) is 5.49. The van der Waals surface area contributed by atoms with Gasteiger partial charge in [-0.3, -0.25) is 4.90 Å². The highest BCUT2D eigenvalue weighted by Crippen LogP contribution is 2.21. The van der Waals surface area contributed by atoms with Gasteiger partial charge in [0.05, 0.1) is 0 Å². The zero-order valence-electron chi connectivity index (χ0n) is 12.3. The van der Waals surface area contributed by atoms with Crippen LogP contribution in [-0.4, -0.2) is 30.1 Å². The second kappa shape index (κ2) is 7.14. The molecule has 0 aliphatic carbocycles. The van der Waals surface area contributed by atoms with Gasteiger partial charge in [-0.05, 0) is 50.9 Å². The Morgan fingerprint density at radius 1 is 1.35 bits per heavy atom. The van der Waals surface area contributed by atoms with Gasteiger partial charge < -0.3 is 5.32 Å². The maximum Gasteiger partial charge on any atom is 0.127 e. The highest BCUT2D eigenvalue weighted by molar-refractivity contribution is 5.18. The Morgan fingerprint density at radius 2 is 2.15 bits per heavy atom. The Bertz CT molecular complexity index is 436. The Balaban J connectivity index is 1.93. The predicted octanol–water partition coefficient (Wildman–Crippen LogP) is 3.32. The van der Waals surface area contributed by atoms with E-state index in [1.54, 1.807) is 0 Å². The number of rotatable bonds is 5. The molecule has 1 heterocycles. The summed E-state index contributed by atoms with van der Waals surface area (Å²) in [5.74, 6) is -0.682. The van der Waals surface area contributed by atoms with E-state index in [0.29, 0.717) is 24.2 Å². The van der Waals surface area contributed by atoms with Crippen molar-refractivity contribution in [1.29, 1.82) is 0 Å². The largest absolute Gasteiger partial charge is 0.314 e.